The fourth-order valence-corrected chi connectivity index (χ4v) is 2.82. The molecule has 3 rings (SSSR count). The highest BCUT2D eigenvalue weighted by Gasteiger charge is 2.34. The van der Waals surface area contributed by atoms with E-state index in [0.29, 0.717) is 17.9 Å². The predicted molar refractivity (Wildman–Crippen MR) is 103 cm³/mol. The van der Waals surface area contributed by atoms with E-state index in [9.17, 15) is 18.0 Å². The number of nitrogens with one attached hydrogen (secondary N) is 2. The van der Waals surface area contributed by atoms with Crippen molar-refractivity contribution in [1.29, 1.82) is 0 Å². The number of anilines is 3. The first-order valence-corrected chi connectivity index (χ1v) is 8.77. The molecule has 0 unspecified atom stereocenters. The number of aryl methyl sites for hydroxylation is 1. The third-order valence-corrected chi connectivity index (χ3v) is 4.23. The van der Waals surface area contributed by atoms with Gasteiger partial charge in [0.05, 0.1) is 17.4 Å². The minimum atomic E-state index is -4.59. The highest BCUT2D eigenvalue weighted by Crippen LogP contribution is 2.36. The zero-order valence-electron chi connectivity index (χ0n) is 15.5. The minimum Gasteiger partial charge on any atom is -0.380 e. The van der Waals surface area contributed by atoms with E-state index in [2.05, 4.69) is 20.7 Å². The van der Waals surface area contributed by atoms with E-state index in [-0.39, 0.29) is 23.6 Å². The topological polar surface area (TPSA) is 97.9 Å². The van der Waals surface area contributed by atoms with Crippen molar-refractivity contribution in [1.82, 2.24) is 14.8 Å². The Labute approximate surface area is 164 Å². The molecule has 3 aromatic rings. The molecule has 0 aliphatic carbocycles. The lowest BCUT2D eigenvalue weighted by atomic mass is 10.1. The molecule has 0 bridgehead atoms. The summed E-state index contributed by atoms with van der Waals surface area (Å²) in [5, 5.41) is 9.81. The molecule has 0 spiro atoms. The van der Waals surface area contributed by atoms with Crippen LogP contribution in [0.3, 0.4) is 0 Å². The van der Waals surface area contributed by atoms with Crippen LogP contribution in [0.15, 0.2) is 48.8 Å². The van der Waals surface area contributed by atoms with Crippen LogP contribution in [0.4, 0.5) is 30.5 Å². The van der Waals surface area contributed by atoms with Crippen LogP contribution in [0.1, 0.15) is 28.4 Å². The first-order chi connectivity index (χ1) is 13.8. The summed E-state index contributed by atoms with van der Waals surface area (Å²) in [5.41, 5.74) is 4.98. The first kappa shape index (κ1) is 20.2. The van der Waals surface area contributed by atoms with Gasteiger partial charge < -0.3 is 16.4 Å². The monoisotopic (exact) mass is 404 g/mol. The van der Waals surface area contributed by atoms with Gasteiger partial charge in [-0.15, -0.1) is 0 Å². The van der Waals surface area contributed by atoms with Gasteiger partial charge in [-0.05, 0) is 18.6 Å². The molecule has 0 atom stereocenters. The fourth-order valence-electron chi connectivity index (χ4n) is 2.82. The molecular formula is C19H19F3N6O. The van der Waals surface area contributed by atoms with E-state index < -0.39 is 17.6 Å². The Morgan fingerprint density at radius 2 is 2.00 bits per heavy atom. The Bertz CT molecular complexity index is 1020. The second kappa shape index (κ2) is 8.21. The van der Waals surface area contributed by atoms with E-state index in [1.165, 1.54) is 12.1 Å². The maximum Gasteiger partial charge on any atom is 0.419 e. The molecule has 7 nitrogen and oxygen atoms in total. The van der Waals surface area contributed by atoms with Crippen LogP contribution in [0.5, 0.6) is 0 Å². The molecule has 0 fully saturated rings. The second-order valence-corrected chi connectivity index (χ2v) is 6.15. The number of halogens is 3. The van der Waals surface area contributed by atoms with Crippen molar-refractivity contribution < 1.29 is 18.0 Å². The number of primary amides is 1. The van der Waals surface area contributed by atoms with Crippen molar-refractivity contribution in [2.75, 3.05) is 10.6 Å². The van der Waals surface area contributed by atoms with E-state index in [1.54, 1.807) is 35.1 Å². The molecule has 0 aliphatic rings. The fraction of sp³-hybridized carbons (Fsp3) is 0.211. The van der Waals surface area contributed by atoms with Gasteiger partial charge >= 0.3 is 6.18 Å². The number of pyridine rings is 1. The zero-order valence-corrected chi connectivity index (χ0v) is 15.5. The third kappa shape index (κ3) is 4.65. The van der Waals surface area contributed by atoms with Gasteiger partial charge in [-0.2, -0.15) is 18.3 Å². The van der Waals surface area contributed by atoms with Crippen molar-refractivity contribution >= 4 is 23.2 Å². The van der Waals surface area contributed by atoms with Gasteiger partial charge in [-0.25, -0.2) is 9.67 Å². The number of carbonyl (C=O) groups is 1. The molecule has 0 aliphatic heterocycles. The first-order valence-electron chi connectivity index (χ1n) is 8.77. The molecule has 0 radical (unpaired) electrons. The molecule has 2 heterocycles. The van der Waals surface area contributed by atoms with Crippen LogP contribution in [0.25, 0.3) is 0 Å². The van der Waals surface area contributed by atoms with Crippen molar-refractivity contribution in [2.24, 2.45) is 5.73 Å². The summed E-state index contributed by atoms with van der Waals surface area (Å²) in [4.78, 5) is 15.4. The molecule has 4 N–H and O–H groups in total. The number of rotatable bonds is 7. The van der Waals surface area contributed by atoms with Crippen LogP contribution in [0, 0.1) is 0 Å². The Morgan fingerprint density at radius 1 is 1.24 bits per heavy atom. The Kier molecular flexibility index (Phi) is 5.71. The zero-order chi connectivity index (χ0) is 21.0. The number of nitrogens with two attached hydrogens (primary N) is 1. The Balaban J connectivity index is 1.90. The van der Waals surface area contributed by atoms with E-state index in [4.69, 9.17) is 5.73 Å². The van der Waals surface area contributed by atoms with Gasteiger partial charge in [-0.1, -0.05) is 18.2 Å². The quantitative estimate of drug-likeness (QED) is 0.557. The summed E-state index contributed by atoms with van der Waals surface area (Å²) >= 11 is 0. The van der Waals surface area contributed by atoms with Gasteiger partial charge in [0.25, 0.3) is 0 Å². The number of amides is 1. The molecule has 0 saturated carbocycles. The molecule has 0 saturated heterocycles. The maximum atomic E-state index is 13.4. The second-order valence-electron chi connectivity index (χ2n) is 6.15. The minimum absolute atomic E-state index is 0.0153. The molecule has 152 valence electrons. The van der Waals surface area contributed by atoms with Crippen LogP contribution >= 0.6 is 0 Å². The normalized spacial score (nSPS) is 11.3. The molecule has 10 heteroatoms. The maximum absolute atomic E-state index is 13.4. The van der Waals surface area contributed by atoms with Crippen LogP contribution in [-0.2, 0) is 19.3 Å². The smallest absolute Gasteiger partial charge is 0.380 e. The van der Waals surface area contributed by atoms with Crippen LogP contribution in [-0.4, -0.2) is 20.7 Å². The molecule has 2 aromatic heterocycles. The number of alkyl halides is 3. The summed E-state index contributed by atoms with van der Waals surface area (Å²) in [6.45, 7) is 2.46. The van der Waals surface area contributed by atoms with E-state index in [0.717, 1.165) is 6.20 Å². The van der Waals surface area contributed by atoms with Crippen molar-refractivity contribution in [3.63, 3.8) is 0 Å². The van der Waals surface area contributed by atoms with Gasteiger partial charge in [-0.3, -0.25) is 4.79 Å². The van der Waals surface area contributed by atoms with Crippen LogP contribution < -0.4 is 16.4 Å². The number of hydrogen-bond donors (Lipinski definition) is 3. The standard InChI is InChI=1S/C19H19F3N6O/c1-2-28-17(7-8-26-28)27-16-9-15(14(11-25-16)19(20,21)22)24-10-12-5-3-4-6-13(12)18(23)29/h3-9,11H,2,10H2,1H3,(H2,23,29)(H2,24,25,27). The number of benzene rings is 1. The van der Waals surface area contributed by atoms with E-state index >= 15 is 0 Å². The number of aromatic nitrogens is 3. The van der Waals surface area contributed by atoms with Gasteiger partial charge in [0, 0.05) is 37.0 Å². The summed E-state index contributed by atoms with van der Waals surface area (Å²) in [7, 11) is 0. The highest BCUT2D eigenvalue weighted by atomic mass is 19.4. The number of hydrogen-bond acceptors (Lipinski definition) is 5. The predicted octanol–water partition coefficient (Wildman–Crippen LogP) is 3.77. The third-order valence-electron chi connectivity index (χ3n) is 4.23. The number of nitrogens with zero attached hydrogens (tertiary/aromatic N) is 3. The average Bonchev–Trinajstić information content (AvgIpc) is 3.12. The molecule has 1 aromatic carbocycles. The Morgan fingerprint density at radius 3 is 2.69 bits per heavy atom. The van der Waals surface area contributed by atoms with Crippen LogP contribution in [0.2, 0.25) is 0 Å². The number of carbonyl (C=O) groups excluding carboxylic acids is 1. The average molecular weight is 404 g/mol. The highest BCUT2D eigenvalue weighted by molar-refractivity contribution is 5.94. The summed E-state index contributed by atoms with van der Waals surface area (Å²) in [5.74, 6) is 0.173. The molecule has 29 heavy (non-hydrogen) atoms. The summed E-state index contributed by atoms with van der Waals surface area (Å²) in [6.07, 6.45) is -2.25. The lowest BCUT2D eigenvalue weighted by molar-refractivity contribution is -0.137. The van der Waals surface area contributed by atoms with Crippen molar-refractivity contribution in [2.45, 2.75) is 26.2 Å². The lowest BCUT2D eigenvalue weighted by Gasteiger charge is -2.17. The van der Waals surface area contributed by atoms with Gasteiger partial charge in [0.15, 0.2) is 0 Å². The lowest BCUT2D eigenvalue weighted by Crippen LogP contribution is -2.16. The van der Waals surface area contributed by atoms with Gasteiger partial charge in [0.2, 0.25) is 5.91 Å². The van der Waals surface area contributed by atoms with Crippen molar-refractivity contribution in [3.8, 4) is 0 Å². The molecular weight excluding hydrogens is 385 g/mol. The Hall–Kier alpha value is -3.56. The summed E-state index contributed by atoms with van der Waals surface area (Å²) in [6, 6.07) is 9.42. The molecule has 1 amide bonds. The van der Waals surface area contributed by atoms with Gasteiger partial charge in [0.1, 0.15) is 11.6 Å². The van der Waals surface area contributed by atoms with E-state index in [1.807, 2.05) is 6.92 Å². The largest absolute Gasteiger partial charge is 0.419 e. The SMILES string of the molecule is CCn1nccc1Nc1cc(NCc2ccccc2C(N)=O)c(C(F)(F)F)cn1. The van der Waals surface area contributed by atoms with Crippen molar-refractivity contribution in [3.05, 3.63) is 65.5 Å². The summed E-state index contributed by atoms with van der Waals surface area (Å²) < 4.78 is 41.9.